The topological polar surface area (TPSA) is 104 Å². The molecule has 0 aliphatic heterocycles. The number of nitrogens with zero attached hydrogens (tertiary/aromatic N) is 2. The number of ether oxygens (including phenoxy) is 1. The quantitative estimate of drug-likeness (QED) is 0.499. The lowest BCUT2D eigenvalue weighted by molar-refractivity contribution is 0.102. The van der Waals surface area contributed by atoms with Crippen molar-refractivity contribution >= 4 is 39.8 Å². The molecule has 0 fully saturated rings. The molecule has 2 amide bonds. The van der Waals surface area contributed by atoms with Crippen LogP contribution in [0.4, 0.5) is 21.3 Å². The molecule has 0 aliphatic carbocycles. The number of aromatic nitrogens is 1. The molecule has 9 heteroatoms. The number of hydrogen-bond acceptors (Lipinski definition) is 6. The molecule has 0 saturated heterocycles. The average molecular weight is 426 g/mol. The fourth-order valence-corrected chi connectivity index (χ4v) is 3.47. The Morgan fingerprint density at radius 1 is 1.10 bits per heavy atom. The van der Waals surface area contributed by atoms with Gasteiger partial charge in [-0.25, -0.2) is 9.78 Å². The molecule has 0 spiro atoms. The fraction of sp³-hybridized carbons (Fsp3) is 0.190. The molecule has 8 nitrogen and oxygen atoms in total. The zero-order valence-corrected chi connectivity index (χ0v) is 17.4. The molecule has 0 saturated carbocycles. The Morgan fingerprint density at radius 2 is 1.83 bits per heavy atom. The molecule has 0 unspecified atom stereocenters. The van der Waals surface area contributed by atoms with E-state index in [4.69, 9.17) is 9.84 Å². The van der Waals surface area contributed by atoms with Crippen molar-refractivity contribution in [1.82, 2.24) is 4.98 Å². The Kier molecular flexibility index (Phi) is 6.87. The molecule has 3 rings (SSSR count). The van der Waals surface area contributed by atoms with Crippen molar-refractivity contribution in [2.45, 2.75) is 6.42 Å². The van der Waals surface area contributed by atoms with Crippen LogP contribution in [0.5, 0.6) is 5.75 Å². The number of carbonyl (C=O) groups is 2. The lowest BCUT2D eigenvalue weighted by Gasteiger charge is -2.17. The molecule has 1 heterocycles. The number of carbonyl (C=O) groups excluding carboxylic acids is 1. The van der Waals surface area contributed by atoms with Gasteiger partial charge in [0, 0.05) is 37.3 Å². The Balaban J connectivity index is 1.52. The summed E-state index contributed by atoms with van der Waals surface area (Å²) in [4.78, 5) is 29.3. The first-order valence-corrected chi connectivity index (χ1v) is 10.1. The second kappa shape index (κ2) is 9.75. The van der Waals surface area contributed by atoms with Crippen LogP contribution in [0.15, 0.2) is 53.9 Å². The normalized spacial score (nSPS) is 10.3. The van der Waals surface area contributed by atoms with Gasteiger partial charge in [0.2, 0.25) is 0 Å². The van der Waals surface area contributed by atoms with Gasteiger partial charge in [-0.15, -0.1) is 11.3 Å². The number of anilines is 3. The van der Waals surface area contributed by atoms with Gasteiger partial charge in [-0.2, -0.15) is 0 Å². The maximum atomic E-state index is 12.6. The SMILES string of the molecule is CN(C)c1ccccc1C(=O)Nc1ccc(OCCc2csc(NC(=O)O)n2)cc1. The Hall–Kier alpha value is -3.59. The largest absolute Gasteiger partial charge is 0.493 e. The first-order chi connectivity index (χ1) is 14.4. The lowest BCUT2D eigenvalue weighted by Crippen LogP contribution is -2.18. The van der Waals surface area contributed by atoms with E-state index in [1.54, 1.807) is 35.7 Å². The van der Waals surface area contributed by atoms with Crippen LogP contribution in [0, 0.1) is 0 Å². The summed E-state index contributed by atoms with van der Waals surface area (Å²) in [5.41, 5.74) is 2.87. The number of para-hydroxylation sites is 1. The molecule has 3 aromatic rings. The third-order valence-electron chi connectivity index (χ3n) is 4.14. The summed E-state index contributed by atoms with van der Waals surface area (Å²) in [6, 6.07) is 14.5. The van der Waals surface area contributed by atoms with Crippen molar-refractivity contribution in [3.05, 3.63) is 65.2 Å². The average Bonchev–Trinajstić information content (AvgIpc) is 3.15. The second-order valence-corrected chi connectivity index (χ2v) is 7.42. The van der Waals surface area contributed by atoms with Crippen molar-refractivity contribution < 1.29 is 19.4 Å². The van der Waals surface area contributed by atoms with E-state index >= 15 is 0 Å². The number of benzene rings is 2. The first kappa shape index (κ1) is 21.1. The predicted molar refractivity (Wildman–Crippen MR) is 118 cm³/mol. The van der Waals surface area contributed by atoms with Crippen molar-refractivity contribution in [2.75, 3.05) is 36.2 Å². The van der Waals surface area contributed by atoms with Crippen LogP contribution in [0.25, 0.3) is 0 Å². The summed E-state index contributed by atoms with van der Waals surface area (Å²) in [6.07, 6.45) is -0.582. The van der Waals surface area contributed by atoms with Crippen LogP contribution in [-0.4, -0.2) is 42.8 Å². The number of thiazole rings is 1. The smallest absolute Gasteiger partial charge is 0.410 e. The summed E-state index contributed by atoms with van der Waals surface area (Å²) in [6.45, 7) is 0.401. The van der Waals surface area contributed by atoms with Crippen molar-refractivity contribution in [3.8, 4) is 5.75 Å². The van der Waals surface area contributed by atoms with E-state index in [1.165, 1.54) is 11.3 Å². The lowest BCUT2D eigenvalue weighted by atomic mass is 10.1. The van der Waals surface area contributed by atoms with E-state index in [2.05, 4.69) is 15.6 Å². The van der Waals surface area contributed by atoms with Gasteiger partial charge in [0.15, 0.2) is 5.13 Å². The van der Waals surface area contributed by atoms with Gasteiger partial charge < -0.3 is 20.1 Å². The number of rotatable bonds is 8. The molecular formula is C21H22N4O4S. The minimum atomic E-state index is -1.13. The van der Waals surface area contributed by atoms with Gasteiger partial charge in [0.25, 0.3) is 5.91 Å². The molecule has 1 aromatic heterocycles. The summed E-state index contributed by atoms with van der Waals surface area (Å²) in [5.74, 6) is 0.489. The monoisotopic (exact) mass is 426 g/mol. The minimum absolute atomic E-state index is 0.178. The molecule has 2 aromatic carbocycles. The molecular weight excluding hydrogens is 404 g/mol. The third-order valence-corrected chi connectivity index (χ3v) is 4.94. The van der Waals surface area contributed by atoms with E-state index < -0.39 is 6.09 Å². The molecule has 0 aliphatic rings. The highest BCUT2D eigenvalue weighted by Gasteiger charge is 2.12. The highest BCUT2D eigenvalue weighted by Crippen LogP contribution is 2.21. The third kappa shape index (κ3) is 5.71. The molecule has 156 valence electrons. The van der Waals surface area contributed by atoms with Crippen molar-refractivity contribution in [2.24, 2.45) is 0 Å². The molecule has 0 bridgehead atoms. The first-order valence-electron chi connectivity index (χ1n) is 9.17. The highest BCUT2D eigenvalue weighted by atomic mass is 32.1. The van der Waals surface area contributed by atoms with Crippen LogP contribution in [-0.2, 0) is 6.42 Å². The van der Waals surface area contributed by atoms with Gasteiger partial charge in [-0.05, 0) is 36.4 Å². The summed E-state index contributed by atoms with van der Waals surface area (Å²) in [5, 5.41) is 15.9. The fourth-order valence-electron chi connectivity index (χ4n) is 2.73. The molecule has 0 atom stereocenters. The number of nitrogens with one attached hydrogen (secondary N) is 2. The summed E-state index contributed by atoms with van der Waals surface area (Å²) < 4.78 is 5.70. The molecule has 30 heavy (non-hydrogen) atoms. The predicted octanol–water partition coefficient (Wildman–Crippen LogP) is 4.17. The van der Waals surface area contributed by atoms with Gasteiger partial charge in [0.1, 0.15) is 5.75 Å². The van der Waals surface area contributed by atoms with Crippen LogP contribution in [0.3, 0.4) is 0 Å². The van der Waals surface area contributed by atoms with Gasteiger partial charge in [-0.1, -0.05) is 12.1 Å². The zero-order valence-electron chi connectivity index (χ0n) is 16.6. The number of amides is 2. The van der Waals surface area contributed by atoms with Crippen LogP contribution >= 0.6 is 11.3 Å². The minimum Gasteiger partial charge on any atom is -0.493 e. The standard InChI is InChI=1S/C21H22N4O4S/c1-25(2)18-6-4-3-5-17(18)19(26)22-14-7-9-16(10-8-14)29-12-11-15-13-30-20(23-15)24-21(27)28/h3-10,13H,11-12H2,1-2H3,(H,22,26)(H,23,24)(H,27,28). The maximum absolute atomic E-state index is 12.6. The second-order valence-electron chi connectivity index (χ2n) is 6.56. The summed E-state index contributed by atoms with van der Waals surface area (Å²) >= 11 is 1.23. The molecule has 3 N–H and O–H groups in total. The van der Waals surface area contributed by atoms with E-state index in [0.717, 1.165) is 11.4 Å². The maximum Gasteiger partial charge on any atom is 0.410 e. The highest BCUT2D eigenvalue weighted by molar-refractivity contribution is 7.13. The Bertz CT molecular complexity index is 1020. The summed E-state index contributed by atoms with van der Waals surface area (Å²) in [7, 11) is 3.79. The Labute approximate surface area is 178 Å². The van der Waals surface area contributed by atoms with E-state index in [9.17, 15) is 9.59 Å². The van der Waals surface area contributed by atoms with Gasteiger partial charge >= 0.3 is 6.09 Å². The van der Waals surface area contributed by atoms with Crippen LogP contribution in [0.1, 0.15) is 16.1 Å². The van der Waals surface area contributed by atoms with Gasteiger partial charge in [-0.3, -0.25) is 10.1 Å². The zero-order chi connectivity index (χ0) is 21.5. The van der Waals surface area contributed by atoms with Crippen LogP contribution in [0.2, 0.25) is 0 Å². The van der Waals surface area contributed by atoms with E-state index in [1.807, 2.05) is 37.2 Å². The van der Waals surface area contributed by atoms with Crippen LogP contribution < -0.4 is 20.3 Å². The Morgan fingerprint density at radius 3 is 2.53 bits per heavy atom. The van der Waals surface area contributed by atoms with E-state index in [0.29, 0.717) is 35.2 Å². The van der Waals surface area contributed by atoms with E-state index in [-0.39, 0.29) is 5.91 Å². The van der Waals surface area contributed by atoms with Crippen molar-refractivity contribution in [1.29, 1.82) is 0 Å². The van der Waals surface area contributed by atoms with Crippen molar-refractivity contribution in [3.63, 3.8) is 0 Å². The number of carboxylic acid groups (broad SMARTS) is 1. The van der Waals surface area contributed by atoms with Gasteiger partial charge in [0.05, 0.1) is 17.9 Å². The molecule has 0 radical (unpaired) electrons. The number of hydrogen-bond donors (Lipinski definition) is 3.